The number of amides is 1. The molecule has 0 spiro atoms. The molecule has 0 unspecified atom stereocenters. The van der Waals surface area contributed by atoms with Crippen molar-refractivity contribution in [3.63, 3.8) is 0 Å². The van der Waals surface area contributed by atoms with Crippen LogP contribution in [0.4, 0.5) is 0 Å². The highest BCUT2D eigenvalue weighted by Crippen LogP contribution is 2.09. The number of nitrogens with one attached hydrogen (secondary N) is 1. The summed E-state index contributed by atoms with van der Waals surface area (Å²) in [6.45, 7) is 6.50. The summed E-state index contributed by atoms with van der Waals surface area (Å²) >= 11 is 0. The molecule has 1 N–H and O–H groups in total. The zero-order chi connectivity index (χ0) is 19.6. The van der Waals surface area contributed by atoms with Gasteiger partial charge in [0.05, 0.1) is 18.3 Å². The lowest BCUT2D eigenvalue weighted by Crippen LogP contribution is -2.36. The minimum atomic E-state index is -0.850. The maximum atomic E-state index is 12.2. The lowest BCUT2D eigenvalue weighted by atomic mass is 10.1. The minimum Gasteiger partial charge on any atom is -0.449 e. The zero-order valence-corrected chi connectivity index (χ0v) is 16.1. The second-order valence-electron chi connectivity index (χ2n) is 6.63. The molecule has 5 nitrogen and oxygen atoms in total. The fourth-order valence-corrected chi connectivity index (χ4v) is 2.40. The van der Waals surface area contributed by atoms with Crippen LogP contribution in [0.5, 0.6) is 0 Å². The largest absolute Gasteiger partial charge is 0.449 e. The van der Waals surface area contributed by atoms with Crippen LogP contribution in [0.2, 0.25) is 0 Å². The second-order valence-corrected chi connectivity index (χ2v) is 6.63. The van der Waals surface area contributed by atoms with Gasteiger partial charge in [-0.2, -0.15) is 0 Å². The van der Waals surface area contributed by atoms with Gasteiger partial charge < -0.3 is 14.8 Å². The number of carbonyl (C=O) groups is 2. The van der Waals surface area contributed by atoms with Crippen LogP contribution in [0, 0.1) is 0 Å². The Morgan fingerprint density at radius 3 is 2.22 bits per heavy atom. The van der Waals surface area contributed by atoms with E-state index in [9.17, 15) is 9.59 Å². The first kappa shape index (κ1) is 20.6. The fraction of sp³-hybridized carbons (Fsp3) is 0.364. The summed E-state index contributed by atoms with van der Waals surface area (Å²) in [6.07, 6.45) is 0.0285. The molecule has 0 aromatic heterocycles. The molecule has 27 heavy (non-hydrogen) atoms. The summed E-state index contributed by atoms with van der Waals surface area (Å²) in [5.74, 6) is -0.821. The maximum absolute atomic E-state index is 12.2. The highest BCUT2D eigenvalue weighted by Gasteiger charge is 2.18. The van der Waals surface area contributed by atoms with Crippen LogP contribution in [0.25, 0.3) is 0 Å². The van der Waals surface area contributed by atoms with Crippen molar-refractivity contribution in [2.24, 2.45) is 0 Å². The van der Waals surface area contributed by atoms with Gasteiger partial charge in [-0.15, -0.1) is 0 Å². The van der Waals surface area contributed by atoms with Gasteiger partial charge in [-0.1, -0.05) is 42.5 Å². The van der Waals surface area contributed by atoms with E-state index in [1.165, 1.54) is 0 Å². The average molecular weight is 369 g/mol. The van der Waals surface area contributed by atoms with Crippen molar-refractivity contribution in [1.29, 1.82) is 0 Å². The molecule has 2 aromatic carbocycles. The summed E-state index contributed by atoms with van der Waals surface area (Å²) < 4.78 is 10.8. The molecular weight excluding hydrogens is 342 g/mol. The minimum absolute atomic E-state index is 0.149. The van der Waals surface area contributed by atoms with Crippen LogP contribution in [-0.2, 0) is 27.3 Å². The Labute approximate surface area is 160 Å². The monoisotopic (exact) mass is 369 g/mol. The quantitative estimate of drug-likeness (QED) is 0.687. The molecule has 0 fully saturated rings. The van der Waals surface area contributed by atoms with Crippen LogP contribution in [0.1, 0.15) is 42.3 Å². The molecule has 2 rings (SSSR count). The summed E-state index contributed by atoms with van der Waals surface area (Å²) in [5, 5.41) is 2.79. The predicted molar refractivity (Wildman–Crippen MR) is 104 cm³/mol. The van der Waals surface area contributed by atoms with Gasteiger partial charge >= 0.3 is 5.97 Å². The van der Waals surface area contributed by atoms with Crippen LogP contribution in [0.3, 0.4) is 0 Å². The Morgan fingerprint density at radius 1 is 0.926 bits per heavy atom. The van der Waals surface area contributed by atoms with Gasteiger partial charge in [0.15, 0.2) is 6.10 Å². The molecule has 0 radical (unpaired) electrons. The third-order valence-electron chi connectivity index (χ3n) is 3.98. The van der Waals surface area contributed by atoms with Crippen molar-refractivity contribution in [3.8, 4) is 0 Å². The molecule has 0 heterocycles. The Balaban J connectivity index is 1.77. The van der Waals surface area contributed by atoms with E-state index in [1.54, 1.807) is 19.1 Å². The smallest absolute Gasteiger partial charge is 0.338 e. The molecule has 1 atom stereocenters. The SMILES string of the molecule is CC(C)OCc1ccc(C(=O)O[C@H](C)C(=O)NCCc2ccccc2)cc1. The van der Waals surface area contributed by atoms with Crippen molar-refractivity contribution in [2.75, 3.05) is 6.54 Å². The molecular formula is C22H27NO4. The lowest BCUT2D eigenvalue weighted by molar-refractivity contribution is -0.129. The summed E-state index contributed by atoms with van der Waals surface area (Å²) in [7, 11) is 0. The van der Waals surface area contributed by atoms with Gasteiger partial charge in [0.2, 0.25) is 0 Å². The van der Waals surface area contributed by atoms with Crippen molar-refractivity contribution in [3.05, 3.63) is 71.3 Å². The molecule has 144 valence electrons. The summed E-state index contributed by atoms with van der Waals surface area (Å²) in [6, 6.07) is 16.9. The number of hydrogen-bond acceptors (Lipinski definition) is 4. The molecule has 0 saturated carbocycles. The Morgan fingerprint density at radius 2 is 1.59 bits per heavy atom. The molecule has 0 bridgehead atoms. The zero-order valence-electron chi connectivity index (χ0n) is 16.1. The molecule has 1 amide bonds. The van der Waals surface area contributed by atoms with E-state index in [4.69, 9.17) is 9.47 Å². The Hall–Kier alpha value is -2.66. The number of carbonyl (C=O) groups excluding carboxylic acids is 2. The molecule has 2 aromatic rings. The van der Waals surface area contributed by atoms with Crippen molar-refractivity contribution in [1.82, 2.24) is 5.32 Å². The first-order valence-corrected chi connectivity index (χ1v) is 9.19. The fourth-order valence-electron chi connectivity index (χ4n) is 2.40. The van der Waals surface area contributed by atoms with E-state index >= 15 is 0 Å². The maximum Gasteiger partial charge on any atom is 0.338 e. The van der Waals surface area contributed by atoms with Crippen LogP contribution < -0.4 is 5.32 Å². The van der Waals surface area contributed by atoms with E-state index in [2.05, 4.69) is 5.32 Å². The van der Waals surface area contributed by atoms with E-state index in [1.807, 2.05) is 56.3 Å². The van der Waals surface area contributed by atoms with Gasteiger partial charge in [0, 0.05) is 6.54 Å². The Kier molecular flexibility index (Phi) is 8.01. The van der Waals surface area contributed by atoms with Gasteiger partial charge in [-0.25, -0.2) is 4.79 Å². The lowest BCUT2D eigenvalue weighted by Gasteiger charge is -2.14. The van der Waals surface area contributed by atoms with Crippen molar-refractivity contribution < 1.29 is 19.1 Å². The third kappa shape index (κ3) is 7.23. The second kappa shape index (κ2) is 10.5. The predicted octanol–water partition coefficient (Wildman–Crippen LogP) is 3.52. The molecule has 0 saturated heterocycles. The van der Waals surface area contributed by atoms with Gasteiger partial charge in [-0.3, -0.25) is 4.79 Å². The number of rotatable bonds is 9. The van der Waals surface area contributed by atoms with Crippen LogP contribution in [-0.4, -0.2) is 30.6 Å². The first-order valence-electron chi connectivity index (χ1n) is 9.19. The number of hydrogen-bond donors (Lipinski definition) is 1. The van der Waals surface area contributed by atoms with Crippen LogP contribution >= 0.6 is 0 Å². The average Bonchev–Trinajstić information content (AvgIpc) is 2.67. The highest BCUT2D eigenvalue weighted by molar-refractivity contribution is 5.92. The van der Waals surface area contributed by atoms with E-state index in [0.717, 1.165) is 17.5 Å². The standard InChI is InChI=1S/C22H27NO4/c1-16(2)26-15-19-9-11-20(12-10-19)22(25)27-17(3)21(24)23-14-13-18-7-5-4-6-8-18/h4-12,16-17H,13-15H2,1-3H3,(H,23,24)/t17-/m1/s1. The molecule has 0 aliphatic rings. The normalized spacial score (nSPS) is 11.9. The number of benzene rings is 2. The van der Waals surface area contributed by atoms with E-state index in [-0.39, 0.29) is 12.0 Å². The summed E-state index contributed by atoms with van der Waals surface area (Å²) in [5.41, 5.74) is 2.53. The number of esters is 1. The molecule has 0 aliphatic carbocycles. The highest BCUT2D eigenvalue weighted by atomic mass is 16.5. The van der Waals surface area contributed by atoms with Crippen molar-refractivity contribution >= 4 is 11.9 Å². The molecule has 0 aliphatic heterocycles. The van der Waals surface area contributed by atoms with Gasteiger partial charge in [0.25, 0.3) is 5.91 Å². The van der Waals surface area contributed by atoms with Crippen LogP contribution in [0.15, 0.2) is 54.6 Å². The van der Waals surface area contributed by atoms with Gasteiger partial charge in [-0.05, 0) is 50.5 Å². The van der Waals surface area contributed by atoms with E-state index in [0.29, 0.717) is 18.7 Å². The number of ether oxygens (including phenoxy) is 2. The topological polar surface area (TPSA) is 64.6 Å². The first-order chi connectivity index (χ1) is 13.0. The third-order valence-corrected chi connectivity index (χ3v) is 3.98. The Bertz CT molecular complexity index is 726. The summed E-state index contributed by atoms with van der Waals surface area (Å²) in [4.78, 5) is 24.3. The van der Waals surface area contributed by atoms with Gasteiger partial charge in [0.1, 0.15) is 0 Å². The van der Waals surface area contributed by atoms with E-state index < -0.39 is 12.1 Å². The molecule has 5 heteroatoms. The van der Waals surface area contributed by atoms with Crippen molar-refractivity contribution in [2.45, 2.75) is 46.0 Å².